The van der Waals surface area contributed by atoms with Crippen molar-refractivity contribution in [1.29, 1.82) is 0 Å². The van der Waals surface area contributed by atoms with Crippen LogP contribution in [0.3, 0.4) is 0 Å². The second-order valence-corrected chi connectivity index (χ2v) is 4.92. The molecular weight excluding hydrogens is 242 g/mol. The van der Waals surface area contributed by atoms with Crippen molar-refractivity contribution in [1.82, 2.24) is 9.78 Å². The van der Waals surface area contributed by atoms with E-state index in [9.17, 15) is 0 Å². The number of rotatable bonds is 2. The van der Waals surface area contributed by atoms with Crippen molar-refractivity contribution in [3.8, 4) is 0 Å². The molecule has 0 saturated heterocycles. The predicted octanol–water partition coefficient (Wildman–Crippen LogP) is 1.95. The molecule has 78 valence electrons. The molecule has 1 aromatic rings. The molecule has 0 aliphatic heterocycles. The van der Waals surface area contributed by atoms with E-state index in [2.05, 4.69) is 21.0 Å². The lowest BCUT2D eigenvalue weighted by molar-refractivity contribution is 0.450. The van der Waals surface area contributed by atoms with Crippen molar-refractivity contribution < 1.29 is 0 Å². The maximum atomic E-state index is 5.92. The summed E-state index contributed by atoms with van der Waals surface area (Å²) in [7, 11) is 1.95. The zero-order valence-electron chi connectivity index (χ0n) is 8.46. The maximum Gasteiger partial charge on any atom is 0.107 e. The summed E-state index contributed by atoms with van der Waals surface area (Å²) in [5.41, 5.74) is 7.40. The van der Waals surface area contributed by atoms with Gasteiger partial charge in [-0.05, 0) is 28.8 Å². The quantitative estimate of drug-likeness (QED) is 0.881. The molecule has 1 aromatic heterocycles. The van der Waals surface area contributed by atoms with Crippen LogP contribution in [0.2, 0.25) is 0 Å². The third-order valence-corrected chi connectivity index (χ3v) is 4.33. The van der Waals surface area contributed by atoms with Crippen LogP contribution in [0, 0.1) is 0 Å². The molecule has 2 N–H and O–H groups in total. The Morgan fingerprint density at radius 3 is 2.64 bits per heavy atom. The molecule has 2 rings (SSSR count). The van der Waals surface area contributed by atoms with Crippen molar-refractivity contribution in [3.63, 3.8) is 0 Å². The van der Waals surface area contributed by atoms with Crippen LogP contribution in [0.15, 0.2) is 10.8 Å². The van der Waals surface area contributed by atoms with Crippen molar-refractivity contribution in [2.45, 2.75) is 31.1 Å². The lowest BCUT2D eigenvalue weighted by Crippen LogP contribution is -2.32. The summed E-state index contributed by atoms with van der Waals surface area (Å²) in [4.78, 5) is 0. The molecule has 3 nitrogen and oxygen atoms in total. The van der Waals surface area contributed by atoms with Crippen LogP contribution in [-0.4, -0.2) is 16.3 Å². The summed E-state index contributed by atoms with van der Waals surface area (Å²) in [6.07, 6.45) is 6.95. The molecule has 0 radical (unpaired) electrons. The van der Waals surface area contributed by atoms with Crippen molar-refractivity contribution in [2.24, 2.45) is 12.8 Å². The van der Waals surface area contributed by atoms with E-state index in [1.54, 1.807) is 0 Å². The monoisotopic (exact) mass is 257 g/mol. The Labute approximate surface area is 92.8 Å². The molecule has 0 atom stereocenters. The molecular formula is C10H16BrN3. The molecule has 0 bridgehead atoms. The van der Waals surface area contributed by atoms with Crippen LogP contribution in [0.5, 0.6) is 0 Å². The summed E-state index contributed by atoms with van der Waals surface area (Å²) in [5.74, 6) is 0. The molecule has 1 heterocycles. The molecule has 1 fully saturated rings. The van der Waals surface area contributed by atoms with Gasteiger partial charge in [0.15, 0.2) is 0 Å². The zero-order valence-corrected chi connectivity index (χ0v) is 10.0. The standard InChI is InChI=1S/C10H16BrN3/c1-14-9(11)8(6-13-14)10(7-12)4-2-3-5-10/h6H,2-5,7,12H2,1H3. The Hall–Kier alpha value is -0.350. The van der Waals surface area contributed by atoms with Crippen molar-refractivity contribution in [2.75, 3.05) is 6.54 Å². The fourth-order valence-corrected chi connectivity index (χ4v) is 3.03. The number of halogens is 1. The number of aryl methyl sites for hydroxylation is 1. The van der Waals surface area contributed by atoms with Gasteiger partial charge in [-0.25, -0.2) is 0 Å². The molecule has 4 heteroatoms. The predicted molar refractivity (Wildman–Crippen MR) is 60.1 cm³/mol. The highest BCUT2D eigenvalue weighted by atomic mass is 79.9. The van der Waals surface area contributed by atoms with E-state index in [0.29, 0.717) is 0 Å². The summed E-state index contributed by atoms with van der Waals surface area (Å²) in [6.45, 7) is 0.733. The minimum atomic E-state index is 0.188. The first kappa shape index (κ1) is 10.2. The maximum absolute atomic E-state index is 5.92. The van der Waals surface area contributed by atoms with Gasteiger partial charge in [0, 0.05) is 24.6 Å². The van der Waals surface area contributed by atoms with Crippen LogP contribution in [0.4, 0.5) is 0 Å². The Morgan fingerprint density at radius 1 is 1.57 bits per heavy atom. The Morgan fingerprint density at radius 2 is 2.21 bits per heavy atom. The third-order valence-electron chi connectivity index (χ3n) is 3.39. The van der Waals surface area contributed by atoms with Gasteiger partial charge in [-0.15, -0.1) is 0 Å². The zero-order chi connectivity index (χ0) is 10.2. The second-order valence-electron chi connectivity index (χ2n) is 4.16. The largest absolute Gasteiger partial charge is 0.330 e. The summed E-state index contributed by atoms with van der Waals surface area (Å²) in [5, 5.41) is 4.27. The van der Waals surface area contributed by atoms with Gasteiger partial charge < -0.3 is 5.73 Å². The van der Waals surface area contributed by atoms with E-state index in [1.165, 1.54) is 31.2 Å². The van der Waals surface area contributed by atoms with Gasteiger partial charge in [-0.1, -0.05) is 12.8 Å². The van der Waals surface area contributed by atoms with E-state index in [4.69, 9.17) is 5.73 Å². The molecule has 0 aromatic carbocycles. The SMILES string of the molecule is Cn1ncc(C2(CN)CCCC2)c1Br. The fraction of sp³-hybridized carbons (Fsp3) is 0.700. The first-order valence-corrected chi connectivity index (χ1v) is 5.87. The lowest BCUT2D eigenvalue weighted by atomic mass is 9.81. The molecule has 0 spiro atoms. The van der Waals surface area contributed by atoms with Gasteiger partial charge in [0.2, 0.25) is 0 Å². The summed E-state index contributed by atoms with van der Waals surface area (Å²) >= 11 is 3.58. The van der Waals surface area contributed by atoms with Crippen molar-refractivity contribution in [3.05, 3.63) is 16.4 Å². The number of hydrogen-bond donors (Lipinski definition) is 1. The highest BCUT2D eigenvalue weighted by molar-refractivity contribution is 9.10. The molecule has 14 heavy (non-hydrogen) atoms. The third kappa shape index (κ3) is 1.41. The second kappa shape index (κ2) is 3.66. The topological polar surface area (TPSA) is 43.8 Å². The Bertz CT molecular complexity index is 326. The van der Waals surface area contributed by atoms with Gasteiger partial charge in [-0.3, -0.25) is 4.68 Å². The van der Waals surface area contributed by atoms with Crippen LogP contribution in [0.1, 0.15) is 31.2 Å². The lowest BCUT2D eigenvalue weighted by Gasteiger charge is -2.26. The number of nitrogens with two attached hydrogens (primary N) is 1. The molecule has 1 aliphatic carbocycles. The van der Waals surface area contributed by atoms with E-state index < -0.39 is 0 Å². The van der Waals surface area contributed by atoms with Gasteiger partial charge in [-0.2, -0.15) is 5.10 Å². The Kier molecular flexibility index (Phi) is 2.66. The molecule has 0 unspecified atom stereocenters. The average Bonchev–Trinajstić information content (AvgIpc) is 2.77. The smallest absolute Gasteiger partial charge is 0.107 e. The van der Waals surface area contributed by atoms with Crippen LogP contribution >= 0.6 is 15.9 Å². The fourth-order valence-electron chi connectivity index (χ4n) is 2.41. The van der Waals surface area contributed by atoms with Gasteiger partial charge in [0.1, 0.15) is 4.60 Å². The van der Waals surface area contributed by atoms with Crippen LogP contribution in [0.25, 0.3) is 0 Å². The summed E-state index contributed by atoms with van der Waals surface area (Å²) in [6, 6.07) is 0. The number of aromatic nitrogens is 2. The minimum absolute atomic E-state index is 0.188. The normalized spacial score (nSPS) is 20.2. The molecule has 1 saturated carbocycles. The average molecular weight is 258 g/mol. The van der Waals surface area contributed by atoms with E-state index in [-0.39, 0.29) is 5.41 Å². The highest BCUT2D eigenvalue weighted by Crippen LogP contribution is 2.42. The van der Waals surface area contributed by atoms with E-state index in [0.717, 1.165) is 11.1 Å². The van der Waals surface area contributed by atoms with Crippen LogP contribution in [-0.2, 0) is 12.5 Å². The van der Waals surface area contributed by atoms with E-state index >= 15 is 0 Å². The number of hydrogen-bond acceptors (Lipinski definition) is 2. The first-order valence-electron chi connectivity index (χ1n) is 5.08. The first-order chi connectivity index (χ1) is 6.69. The van der Waals surface area contributed by atoms with Gasteiger partial charge >= 0.3 is 0 Å². The Balaban J connectivity index is 2.40. The molecule has 0 amide bonds. The van der Waals surface area contributed by atoms with Gasteiger partial charge in [0.05, 0.1) is 6.20 Å². The minimum Gasteiger partial charge on any atom is -0.330 e. The molecule has 1 aliphatic rings. The number of nitrogens with zero attached hydrogens (tertiary/aromatic N) is 2. The summed E-state index contributed by atoms with van der Waals surface area (Å²) < 4.78 is 2.95. The van der Waals surface area contributed by atoms with E-state index in [1.807, 2.05) is 17.9 Å². The van der Waals surface area contributed by atoms with Crippen LogP contribution < -0.4 is 5.73 Å². The van der Waals surface area contributed by atoms with Gasteiger partial charge in [0.25, 0.3) is 0 Å². The van der Waals surface area contributed by atoms with Crippen molar-refractivity contribution >= 4 is 15.9 Å². The highest BCUT2D eigenvalue weighted by Gasteiger charge is 2.37.